The van der Waals surface area contributed by atoms with E-state index in [0.29, 0.717) is 92.1 Å². The second kappa shape index (κ2) is 21.2. The summed E-state index contributed by atoms with van der Waals surface area (Å²) in [6, 6.07) is 18.9. The Kier molecular flexibility index (Phi) is 13.3. The van der Waals surface area contributed by atoms with Crippen LogP contribution in [0.3, 0.4) is 0 Å². The number of amides is 1. The van der Waals surface area contributed by atoms with Gasteiger partial charge in [0.1, 0.15) is 23.8 Å². The number of rotatable bonds is 11. The van der Waals surface area contributed by atoms with Crippen molar-refractivity contribution in [1.82, 2.24) is 45.1 Å². The number of aromatic nitrogens is 7. The number of carbonyl (C=O) groups is 1. The maximum atomic E-state index is 18.3. The third-order valence-electron chi connectivity index (χ3n) is 16.1. The molecular formula is C63H55F2N15OS2. The largest absolute Gasteiger partial charge is 0.353 e. The van der Waals surface area contributed by atoms with Crippen LogP contribution in [-0.2, 0) is 24.9 Å². The van der Waals surface area contributed by atoms with E-state index < -0.39 is 17.0 Å². The number of hydrogen-bond acceptors (Lipinski definition) is 16. The molecule has 5 aliphatic heterocycles. The number of pyridine rings is 5. The topological polar surface area (TPSA) is 190 Å². The highest BCUT2D eigenvalue weighted by Gasteiger charge is 2.41. The number of aliphatic imine (C=N–C) groups is 3. The van der Waals surface area contributed by atoms with Crippen LogP contribution in [0.15, 0.2) is 131 Å². The molecule has 0 aliphatic carbocycles. The molecule has 0 radical (unpaired) electrons. The molecule has 1 amide bonds. The van der Waals surface area contributed by atoms with Gasteiger partial charge in [0.15, 0.2) is 17.5 Å². The lowest BCUT2D eigenvalue weighted by Gasteiger charge is -2.28. The van der Waals surface area contributed by atoms with Crippen LogP contribution >= 0.6 is 22.7 Å². The first-order valence-electron chi connectivity index (χ1n) is 27.6. The van der Waals surface area contributed by atoms with E-state index >= 15 is 8.78 Å². The zero-order valence-corrected chi connectivity index (χ0v) is 47.6. The molecule has 83 heavy (non-hydrogen) atoms. The van der Waals surface area contributed by atoms with Crippen molar-refractivity contribution in [3.8, 4) is 44.2 Å². The standard InChI is InChI=1S/C63H55F2N15OS2/c1-34-12-15-49(82-34)43-25-68-27-46-41(43)13-14-45(75-46)58-51-44(26-70-32-72-58)57(77-56(53(51)64)39-19-40(24-67-23-39)74-62(81)37-10-6-5-7-11-37)42-20-50(83-35(42)2)63(3)31-69-28-47-60(63)78-61(76-47)59-52-48(79(4)33-73-59)29-71-55(54(52)65)38-18-36(21-66-22-38)30-80-16-8-9-17-80/h5-7,10-12,14-15,18-25,27-29,70,75H,8-9,13,16-17,26,30-33H2,1-4H3,(H,74,81)(H,76,78). The summed E-state index contributed by atoms with van der Waals surface area (Å²) in [7, 11) is 1.87. The first-order valence-corrected chi connectivity index (χ1v) is 29.2. The SMILES string of the molecule is Cc1ccc(-c2cncc3c2CC=C(C2=NCNCc4c(-c5cc(C6(C)CN=Cc7[nH]c(C8=NCN(C)c9cnc(-c%10cncc(CN%11CCCC%11)c%10)c(F)c98)nc76)sc5C)nc(-c5cncc(NC(=O)c6ccccc6)c5)c(F)c42)N3)s1. The number of aromatic amines is 1. The van der Waals surface area contributed by atoms with E-state index in [9.17, 15) is 4.79 Å². The van der Waals surface area contributed by atoms with Gasteiger partial charge in [-0.15, -0.1) is 22.7 Å². The van der Waals surface area contributed by atoms with Crippen LogP contribution in [0.2, 0.25) is 0 Å². The zero-order valence-electron chi connectivity index (χ0n) is 45.9. The number of thiophene rings is 2. The molecule has 414 valence electrons. The van der Waals surface area contributed by atoms with Gasteiger partial charge in [-0.2, -0.15) is 0 Å². The fraction of sp³-hybridized carbons (Fsp3) is 0.238. The van der Waals surface area contributed by atoms with Gasteiger partial charge >= 0.3 is 0 Å². The summed E-state index contributed by atoms with van der Waals surface area (Å²) in [6.07, 6.45) is 18.8. The van der Waals surface area contributed by atoms with E-state index in [1.165, 1.54) is 23.9 Å². The number of H-pyrrole nitrogens is 1. The highest BCUT2D eigenvalue weighted by molar-refractivity contribution is 7.15. The molecule has 1 fully saturated rings. The normalized spacial score (nSPS) is 17.4. The van der Waals surface area contributed by atoms with Crippen molar-refractivity contribution >= 4 is 63.3 Å². The van der Waals surface area contributed by atoms with Crippen molar-refractivity contribution < 1.29 is 13.6 Å². The molecule has 1 aromatic carbocycles. The van der Waals surface area contributed by atoms with Crippen LogP contribution in [0.25, 0.3) is 44.2 Å². The van der Waals surface area contributed by atoms with Crippen LogP contribution in [-0.4, -0.2) is 103 Å². The highest BCUT2D eigenvalue weighted by atomic mass is 32.1. The molecule has 1 saturated heterocycles. The molecule has 0 saturated carbocycles. The zero-order chi connectivity index (χ0) is 56.5. The van der Waals surface area contributed by atoms with E-state index in [-0.39, 0.29) is 37.2 Å². The van der Waals surface area contributed by atoms with Gasteiger partial charge in [0.05, 0.1) is 88.3 Å². The third-order valence-corrected chi connectivity index (χ3v) is 18.5. The Morgan fingerprint density at radius 2 is 1.61 bits per heavy atom. The van der Waals surface area contributed by atoms with Crippen molar-refractivity contribution in [2.75, 3.05) is 55.6 Å². The molecule has 8 aromatic heterocycles. The molecule has 20 heteroatoms. The third kappa shape index (κ3) is 9.44. The molecule has 4 N–H and O–H groups in total. The summed E-state index contributed by atoms with van der Waals surface area (Å²) in [6.45, 7) is 10.2. The number of nitrogens with one attached hydrogen (secondary N) is 4. The number of anilines is 3. The van der Waals surface area contributed by atoms with Crippen LogP contribution in [0, 0.1) is 25.5 Å². The number of fused-ring (bicyclic) bond motifs is 4. The van der Waals surface area contributed by atoms with Crippen LogP contribution < -0.4 is 20.9 Å². The van der Waals surface area contributed by atoms with Gasteiger partial charge < -0.3 is 20.5 Å². The summed E-state index contributed by atoms with van der Waals surface area (Å²) < 4.78 is 35.6. The molecular weight excluding hydrogens is 1080 g/mol. The predicted molar refractivity (Wildman–Crippen MR) is 324 cm³/mol. The van der Waals surface area contributed by atoms with E-state index in [1.807, 2.05) is 49.6 Å². The number of benzene rings is 1. The first kappa shape index (κ1) is 52.3. The number of nitrogens with zero attached hydrogens (tertiary/aromatic N) is 11. The maximum Gasteiger partial charge on any atom is 0.255 e. The Bertz CT molecular complexity index is 4230. The summed E-state index contributed by atoms with van der Waals surface area (Å²) in [4.78, 5) is 69.2. The number of hydrogen-bond donors (Lipinski definition) is 4. The minimum atomic E-state index is -0.774. The molecule has 0 bridgehead atoms. The average molecular weight is 1140 g/mol. The summed E-state index contributed by atoms with van der Waals surface area (Å²) in [5.41, 5.74) is 11.3. The fourth-order valence-corrected chi connectivity index (χ4v) is 13.9. The minimum Gasteiger partial charge on any atom is -0.353 e. The number of aryl methyl sites for hydroxylation is 2. The average Bonchev–Trinajstić information content (AvgIpc) is 4.14. The molecule has 1 atom stereocenters. The van der Waals surface area contributed by atoms with Gasteiger partial charge in [0.25, 0.3) is 5.91 Å². The molecule has 5 aliphatic rings. The molecule has 13 heterocycles. The Labute approximate surface area is 485 Å². The van der Waals surface area contributed by atoms with Crippen LogP contribution in [0.5, 0.6) is 0 Å². The van der Waals surface area contributed by atoms with Crippen LogP contribution in [0.1, 0.15) is 89.8 Å². The summed E-state index contributed by atoms with van der Waals surface area (Å²) >= 11 is 3.32. The van der Waals surface area contributed by atoms with E-state index in [2.05, 4.69) is 83.9 Å². The van der Waals surface area contributed by atoms with Gasteiger partial charge in [-0.1, -0.05) is 24.3 Å². The second-order valence-corrected chi connectivity index (χ2v) is 24.3. The Morgan fingerprint density at radius 1 is 0.807 bits per heavy atom. The van der Waals surface area contributed by atoms with Crippen molar-refractivity contribution in [3.05, 3.63) is 193 Å². The smallest absolute Gasteiger partial charge is 0.255 e. The monoisotopic (exact) mass is 1140 g/mol. The Hall–Kier alpha value is -8.82. The van der Waals surface area contributed by atoms with Crippen molar-refractivity contribution in [2.24, 2.45) is 15.0 Å². The minimum absolute atomic E-state index is 0.0427. The maximum absolute atomic E-state index is 18.3. The fourth-order valence-electron chi connectivity index (χ4n) is 11.9. The number of allylic oxidation sites excluding steroid dienone is 2. The van der Waals surface area contributed by atoms with E-state index in [1.54, 1.807) is 77.8 Å². The lowest BCUT2D eigenvalue weighted by Crippen LogP contribution is -2.31. The van der Waals surface area contributed by atoms with Crippen molar-refractivity contribution in [1.29, 1.82) is 0 Å². The van der Waals surface area contributed by atoms with Gasteiger partial charge in [-0.25, -0.2) is 18.7 Å². The van der Waals surface area contributed by atoms with Crippen LogP contribution in [0.4, 0.5) is 25.8 Å². The van der Waals surface area contributed by atoms with Gasteiger partial charge in [-0.3, -0.25) is 49.9 Å². The molecule has 0 spiro atoms. The summed E-state index contributed by atoms with van der Waals surface area (Å²) in [5, 5.41) is 10.0. The Balaban J connectivity index is 0.853. The lowest BCUT2D eigenvalue weighted by molar-refractivity contribution is 0.102. The number of likely N-dealkylation sites (tertiary alicyclic amines) is 1. The van der Waals surface area contributed by atoms with Gasteiger partial charge in [0.2, 0.25) is 0 Å². The second-order valence-electron chi connectivity index (χ2n) is 21.7. The van der Waals surface area contributed by atoms with Gasteiger partial charge in [0, 0.05) is 110 Å². The lowest BCUT2D eigenvalue weighted by atomic mass is 9.82. The van der Waals surface area contributed by atoms with Crippen molar-refractivity contribution in [2.45, 2.75) is 58.5 Å². The highest BCUT2D eigenvalue weighted by Crippen LogP contribution is 2.46. The first-order chi connectivity index (χ1) is 40.4. The van der Waals surface area contributed by atoms with Gasteiger partial charge in [-0.05, 0) is 107 Å². The number of carbonyl (C=O) groups excluding carboxylic acids is 1. The summed E-state index contributed by atoms with van der Waals surface area (Å²) in [5.74, 6) is -0.992. The van der Waals surface area contributed by atoms with E-state index in [0.717, 1.165) is 67.9 Å². The quantitative estimate of drug-likeness (QED) is 0.0964. The molecule has 14 rings (SSSR count). The van der Waals surface area contributed by atoms with Crippen molar-refractivity contribution in [3.63, 3.8) is 0 Å². The molecule has 9 aromatic rings. The number of halogens is 2. The molecule has 1 unspecified atom stereocenters. The molecule has 16 nitrogen and oxygen atoms in total. The van der Waals surface area contributed by atoms with E-state index in [4.69, 9.17) is 24.9 Å². The Morgan fingerprint density at radius 3 is 2.45 bits per heavy atom. The predicted octanol–water partition coefficient (Wildman–Crippen LogP) is 11.3. The number of imidazole rings is 1.